The van der Waals surface area contributed by atoms with Crippen LogP contribution in [0.5, 0.6) is 5.75 Å². The van der Waals surface area contributed by atoms with Gasteiger partial charge in [0.15, 0.2) is 0 Å². The normalized spacial score (nSPS) is 11.5. The molecule has 3 aromatic rings. The third-order valence-electron chi connectivity index (χ3n) is 6.23. The van der Waals surface area contributed by atoms with Crippen molar-refractivity contribution in [2.45, 2.75) is 52.6 Å². The second kappa shape index (κ2) is 12.7. The number of nitrogens with zero attached hydrogens (tertiary/aromatic N) is 1. The second-order valence-electron chi connectivity index (χ2n) is 8.97. The first-order valence-electron chi connectivity index (χ1n) is 12.2. The van der Waals surface area contributed by atoms with Crippen LogP contribution in [0.15, 0.2) is 72.8 Å². The Morgan fingerprint density at radius 2 is 1.63 bits per heavy atom. The lowest BCUT2D eigenvalue weighted by Crippen LogP contribution is -2.51. The van der Waals surface area contributed by atoms with Gasteiger partial charge >= 0.3 is 0 Å². The molecule has 0 saturated carbocycles. The van der Waals surface area contributed by atoms with Crippen molar-refractivity contribution in [2.24, 2.45) is 0 Å². The maximum absolute atomic E-state index is 13.8. The zero-order valence-corrected chi connectivity index (χ0v) is 21.2. The van der Waals surface area contributed by atoms with Crippen molar-refractivity contribution >= 4 is 11.8 Å². The summed E-state index contributed by atoms with van der Waals surface area (Å²) < 4.78 is 5.39. The minimum atomic E-state index is -0.630. The van der Waals surface area contributed by atoms with Crippen LogP contribution in [0.1, 0.15) is 41.2 Å². The van der Waals surface area contributed by atoms with Crippen molar-refractivity contribution in [1.82, 2.24) is 10.2 Å². The Morgan fingerprint density at radius 1 is 0.886 bits per heavy atom. The first-order chi connectivity index (χ1) is 16.9. The van der Waals surface area contributed by atoms with Crippen molar-refractivity contribution in [3.63, 3.8) is 0 Å². The molecule has 2 amide bonds. The number of amides is 2. The number of carbonyl (C=O) groups excluding carboxylic acids is 2. The van der Waals surface area contributed by atoms with Crippen LogP contribution in [0, 0.1) is 13.8 Å². The number of ether oxygens (including phenoxy) is 1. The predicted octanol–water partition coefficient (Wildman–Crippen LogP) is 5.02. The van der Waals surface area contributed by atoms with E-state index >= 15 is 0 Å². The molecule has 0 spiro atoms. The molecule has 0 radical (unpaired) electrons. The largest absolute Gasteiger partial charge is 0.497 e. The fraction of sp³-hybridized carbons (Fsp3) is 0.333. The summed E-state index contributed by atoms with van der Waals surface area (Å²) in [5, 5.41) is 3.02. The van der Waals surface area contributed by atoms with Crippen LogP contribution in [0.3, 0.4) is 0 Å². The predicted molar refractivity (Wildman–Crippen MR) is 140 cm³/mol. The quantitative estimate of drug-likeness (QED) is 0.426. The lowest BCUT2D eigenvalue weighted by molar-refractivity contribution is -0.140. The standard InChI is InChI=1S/C30H36N2O3/c1-5-16-31-30(34)28(19-24-10-7-6-8-11-24)32(21-26-12-9-13-27(18-26)35-4)29(33)20-25-15-14-22(2)23(3)17-25/h6-15,17-18,28H,5,16,19-21H2,1-4H3,(H,31,34). The third-order valence-corrected chi connectivity index (χ3v) is 6.23. The first-order valence-corrected chi connectivity index (χ1v) is 12.2. The van der Waals surface area contributed by atoms with Gasteiger partial charge in [0.05, 0.1) is 13.5 Å². The molecule has 0 fully saturated rings. The van der Waals surface area contributed by atoms with Gasteiger partial charge in [-0.1, -0.05) is 67.6 Å². The Hall–Kier alpha value is -3.60. The number of nitrogens with one attached hydrogen (secondary N) is 1. The monoisotopic (exact) mass is 472 g/mol. The molecule has 1 N–H and O–H groups in total. The Kier molecular flexibility index (Phi) is 9.47. The molecule has 0 aromatic heterocycles. The molecule has 5 nitrogen and oxygen atoms in total. The number of hydrogen-bond donors (Lipinski definition) is 1. The SMILES string of the molecule is CCCNC(=O)C(Cc1ccccc1)N(Cc1cccc(OC)c1)C(=O)Cc1ccc(C)c(C)c1. The molecule has 0 aliphatic rings. The molecule has 3 aromatic carbocycles. The fourth-order valence-corrected chi connectivity index (χ4v) is 4.08. The van der Waals surface area contributed by atoms with E-state index in [1.54, 1.807) is 12.0 Å². The van der Waals surface area contributed by atoms with E-state index in [1.165, 1.54) is 5.56 Å². The number of benzene rings is 3. The number of hydrogen-bond acceptors (Lipinski definition) is 3. The van der Waals surface area contributed by atoms with Gasteiger partial charge in [-0.25, -0.2) is 0 Å². The minimum absolute atomic E-state index is 0.0800. The fourth-order valence-electron chi connectivity index (χ4n) is 4.08. The molecule has 184 valence electrons. The number of methoxy groups -OCH3 is 1. The highest BCUT2D eigenvalue weighted by molar-refractivity contribution is 5.88. The average molecular weight is 473 g/mol. The smallest absolute Gasteiger partial charge is 0.243 e. The third kappa shape index (κ3) is 7.44. The number of carbonyl (C=O) groups is 2. The Morgan fingerprint density at radius 3 is 2.31 bits per heavy atom. The molecule has 0 aliphatic heterocycles. The van der Waals surface area contributed by atoms with Crippen molar-refractivity contribution in [1.29, 1.82) is 0 Å². The van der Waals surface area contributed by atoms with Crippen LogP contribution in [0.4, 0.5) is 0 Å². The van der Waals surface area contributed by atoms with Crippen LogP contribution in [0.2, 0.25) is 0 Å². The van der Waals surface area contributed by atoms with Gasteiger partial charge in [-0.05, 0) is 60.2 Å². The van der Waals surface area contributed by atoms with Gasteiger partial charge in [0.2, 0.25) is 11.8 Å². The topological polar surface area (TPSA) is 58.6 Å². The maximum Gasteiger partial charge on any atom is 0.243 e. The number of rotatable bonds is 11. The van der Waals surface area contributed by atoms with Gasteiger partial charge in [-0.3, -0.25) is 9.59 Å². The Balaban J connectivity index is 1.97. The lowest BCUT2D eigenvalue weighted by Gasteiger charge is -2.32. The van der Waals surface area contributed by atoms with E-state index in [1.807, 2.05) is 80.6 Å². The molecular formula is C30H36N2O3. The van der Waals surface area contributed by atoms with Crippen LogP contribution in [-0.4, -0.2) is 36.4 Å². The lowest BCUT2D eigenvalue weighted by atomic mass is 10.00. The van der Waals surface area contributed by atoms with E-state index in [9.17, 15) is 9.59 Å². The van der Waals surface area contributed by atoms with Gasteiger partial charge in [0.25, 0.3) is 0 Å². The first kappa shape index (κ1) is 26.0. The van der Waals surface area contributed by atoms with E-state index in [2.05, 4.69) is 18.3 Å². The van der Waals surface area contributed by atoms with E-state index in [-0.39, 0.29) is 18.2 Å². The summed E-state index contributed by atoms with van der Waals surface area (Å²) in [5.74, 6) is 0.509. The Bertz CT molecular complexity index is 1130. The van der Waals surface area contributed by atoms with Gasteiger partial charge < -0.3 is 15.0 Å². The van der Waals surface area contributed by atoms with Crippen LogP contribution < -0.4 is 10.1 Å². The zero-order valence-electron chi connectivity index (χ0n) is 21.2. The second-order valence-corrected chi connectivity index (χ2v) is 8.97. The molecule has 0 saturated heterocycles. The van der Waals surface area contributed by atoms with Gasteiger partial charge in [0.1, 0.15) is 11.8 Å². The van der Waals surface area contributed by atoms with Crippen LogP contribution in [-0.2, 0) is 29.0 Å². The summed E-state index contributed by atoms with van der Waals surface area (Å²) in [6, 6.07) is 23.0. The highest BCUT2D eigenvalue weighted by atomic mass is 16.5. The summed E-state index contributed by atoms with van der Waals surface area (Å²) in [6.07, 6.45) is 1.51. The van der Waals surface area contributed by atoms with Crippen LogP contribution >= 0.6 is 0 Å². The van der Waals surface area contributed by atoms with Gasteiger partial charge in [-0.2, -0.15) is 0 Å². The summed E-state index contributed by atoms with van der Waals surface area (Å²) in [6.45, 7) is 7.02. The zero-order chi connectivity index (χ0) is 25.2. The molecule has 5 heteroatoms. The average Bonchev–Trinajstić information content (AvgIpc) is 2.87. The highest BCUT2D eigenvalue weighted by Crippen LogP contribution is 2.20. The summed E-state index contributed by atoms with van der Waals surface area (Å²) >= 11 is 0. The van der Waals surface area contributed by atoms with Gasteiger partial charge in [0, 0.05) is 19.5 Å². The Labute approximate surface area is 209 Å². The van der Waals surface area contributed by atoms with E-state index in [0.717, 1.165) is 34.4 Å². The minimum Gasteiger partial charge on any atom is -0.497 e. The summed E-state index contributed by atoms with van der Waals surface area (Å²) in [5.41, 5.74) is 5.21. The van der Waals surface area contributed by atoms with E-state index < -0.39 is 6.04 Å². The molecule has 0 bridgehead atoms. The molecule has 1 unspecified atom stereocenters. The van der Waals surface area contributed by atoms with Crippen LogP contribution in [0.25, 0.3) is 0 Å². The summed E-state index contributed by atoms with van der Waals surface area (Å²) in [7, 11) is 1.62. The molecule has 3 rings (SSSR count). The molecule has 0 aliphatic carbocycles. The highest BCUT2D eigenvalue weighted by Gasteiger charge is 2.30. The molecular weight excluding hydrogens is 436 g/mol. The van der Waals surface area contributed by atoms with Crippen molar-refractivity contribution in [2.75, 3.05) is 13.7 Å². The number of aryl methyl sites for hydroxylation is 2. The maximum atomic E-state index is 13.8. The van der Waals surface area contributed by atoms with Crippen molar-refractivity contribution < 1.29 is 14.3 Å². The van der Waals surface area contributed by atoms with Crippen molar-refractivity contribution in [3.8, 4) is 5.75 Å². The summed E-state index contributed by atoms with van der Waals surface area (Å²) in [4.78, 5) is 28.9. The van der Waals surface area contributed by atoms with E-state index in [4.69, 9.17) is 4.74 Å². The molecule has 35 heavy (non-hydrogen) atoms. The molecule has 1 atom stereocenters. The van der Waals surface area contributed by atoms with E-state index in [0.29, 0.717) is 19.5 Å². The van der Waals surface area contributed by atoms with Gasteiger partial charge in [-0.15, -0.1) is 0 Å². The van der Waals surface area contributed by atoms with Crippen molar-refractivity contribution in [3.05, 3.63) is 101 Å². The molecule has 0 heterocycles.